The first-order valence-corrected chi connectivity index (χ1v) is 10.9. The van der Waals surface area contributed by atoms with E-state index in [1.54, 1.807) is 6.92 Å². The molecule has 2 aromatic heterocycles. The van der Waals surface area contributed by atoms with Crippen LogP contribution in [0.1, 0.15) is 43.4 Å². The highest BCUT2D eigenvalue weighted by Crippen LogP contribution is 2.39. The molecule has 5 rings (SSSR count). The molecule has 0 unspecified atom stereocenters. The first-order valence-electron chi connectivity index (χ1n) is 10.9. The zero-order valence-corrected chi connectivity index (χ0v) is 19.3. The maximum absolute atomic E-state index is 12.2. The molecule has 8 heteroatoms. The van der Waals surface area contributed by atoms with Gasteiger partial charge in [0.15, 0.2) is 5.65 Å². The molecule has 0 radical (unpaired) electrons. The first kappa shape index (κ1) is 22.4. The van der Waals surface area contributed by atoms with Gasteiger partial charge >= 0.3 is 0 Å². The smallest absolute Gasteiger partial charge is 0.219 e. The number of nitrogens with zero attached hydrogens (tertiary/aromatic N) is 5. The molecule has 1 amide bonds. The van der Waals surface area contributed by atoms with Crippen LogP contribution >= 0.6 is 12.4 Å². The molecular weight excluding hydrogens is 426 g/mol. The number of benzene rings is 1. The van der Waals surface area contributed by atoms with E-state index in [2.05, 4.69) is 22.3 Å². The van der Waals surface area contributed by atoms with Crippen LogP contribution < -0.4 is 4.90 Å². The molecule has 3 aromatic rings. The minimum Gasteiger partial charge on any atom is -0.396 e. The fourth-order valence-electron chi connectivity index (χ4n) is 5.06. The summed E-state index contributed by atoms with van der Waals surface area (Å²) in [6, 6.07) is 10.4. The lowest BCUT2D eigenvalue weighted by Gasteiger charge is -2.41. The van der Waals surface area contributed by atoms with Crippen LogP contribution in [-0.2, 0) is 17.8 Å². The quantitative estimate of drug-likeness (QED) is 0.643. The van der Waals surface area contributed by atoms with Gasteiger partial charge in [0, 0.05) is 45.3 Å². The van der Waals surface area contributed by atoms with E-state index >= 15 is 0 Å². The Kier molecular flexibility index (Phi) is 5.78. The van der Waals surface area contributed by atoms with Crippen LogP contribution in [0.3, 0.4) is 0 Å². The van der Waals surface area contributed by atoms with Gasteiger partial charge in [-0.3, -0.25) is 9.20 Å². The lowest BCUT2D eigenvalue weighted by Crippen LogP contribution is -2.43. The predicted molar refractivity (Wildman–Crippen MR) is 126 cm³/mol. The summed E-state index contributed by atoms with van der Waals surface area (Å²) in [5.74, 6) is 1.10. The number of fused-ring (bicyclic) bond motifs is 4. The van der Waals surface area contributed by atoms with Gasteiger partial charge in [-0.1, -0.05) is 19.1 Å². The summed E-state index contributed by atoms with van der Waals surface area (Å²) in [7, 11) is 0. The molecule has 2 aliphatic heterocycles. The number of piperidine rings is 1. The lowest BCUT2D eigenvalue weighted by atomic mass is 9.81. The highest BCUT2D eigenvalue weighted by atomic mass is 35.5. The van der Waals surface area contributed by atoms with Crippen molar-refractivity contribution in [2.75, 3.05) is 31.1 Å². The number of carbonyl (C=O) groups excluding carboxylic acids is 1. The Labute approximate surface area is 193 Å². The molecule has 1 aromatic carbocycles. The van der Waals surface area contributed by atoms with E-state index in [9.17, 15) is 15.2 Å². The predicted octanol–water partition coefficient (Wildman–Crippen LogP) is 3.28. The van der Waals surface area contributed by atoms with Crippen LogP contribution in [0.5, 0.6) is 0 Å². The van der Waals surface area contributed by atoms with E-state index in [0.717, 1.165) is 53.9 Å². The maximum Gasteiger partial charge on any atom is 0.219 e. The Morgan fingerprint density at radius 1 is 1.22 bits per heavy atom. The number of pyridine rings is 1. The van der Waals surface area contributed by atoms with Gasteiger partial charge in [0.25, 0.3) is 0 Å². The van der Waals surface area contributed by atoms with Crippen LogP contribution in [0.15, 0.2) is 24.3 Å². The molecular formula is C24H28ClN5O2. The standard InChI is InChI=1S/C24H27N5O2.ClH/c1-16(31)28-10-7-17-18(13-25)22-26-20-5-3-4-6-21(20)29(22)23(19(17)14-28)27-11-8-24(2,15-30)9-12-27;/h3-6,30H,7-12,14-15H2,1-2H3;1H. The van der Waals surface area contributed by atoms with E-state index in [1.807, 2.05) is 29.2 Å². The van der Waals surface area contributed by atoms with Crippen molar-refractivity contribution in [2.24, 2.45) is 5.41 Å². The number of amides is 1. The van der Waals surface area contributed by atoms with Crippen molar-refractivity contribution in [3.05, 3.63) is 41.0 Å². The zero-order valence-electron chi connectivity index (χ0n) is 18.5. The van der Waals surface area contributed by atoms with Crippen LogP contribution in [0, 0.1) is 16.7 Å². The number of hydrogen-bond acceptors (Lipinski definition) is 5. The zero-order chi connectivity index (χ0) is 21.8. The molecule has 1 saturated heterocycles. The summed E-state index contributed by atoms with van der Waals surface area (Å²) in [5, 5.41) is 19.9. The molecule has 0 atom stereocenters. The Bertz CT molecular complexity index is 1240. The average Bonchev–Trinajstić information content (AvgIpc) is 3.17. The third-order valence-electron chi connectivity index (χ3n) is 7.12. The number of rotatable bonds is 2. The molecule has 32 heavy (non-hydrogen) atoms. The maximum atomic E-state index is 12.2. The Morgan fingerprint density at radius 3 is 2.59 bits per heavy atom. The molecule has 0 bridgehead atoms. The van der Waals surface area contributed by atoms with Crippen molar-refractivity contribution in [3.8, 4) is 6.07 Å². The van der Waals surface area contributed by atoms with E-state index < -0.39 is 0 Å². The fourth-order valence-corrected chi connectivity index (χ4v) is 5.06. The number of aliphatic hydroxyl groups excluding tert-OH is 1. The SMILES string of the molecule is CC(=O)N1CCc2c(c(N3CCC(C)(CO)CC3)n3c(nc4ccccc43)c2C#N)C1.Cl. The monoisotopic (exact) mass is 453 g/mol. The van der Waals surface area contributed by atoms with Crippen LogP contribution in [-0.4, -0.2) is 51.5 Å². The van der Waals surface area contributed by atoms with Crippen molar-refractivity contribution in [1.82, 2.24) is 14.3 Å². The second-order valence-corrected chi connectivity index (χ2v) is 9.17. The topological polar surface area (TPSA) is 84.9 Å². The molecule has 1 fully saturated rings. The summed E-state index contributed by atoms with van der Waals surface area (Å²) >= 11 is 0. The van der Waals surface area contributed by atoms with Crippen molar-refractivity contribution in [3.63, 3.8) is 0 Å². The lowest BCUT2D eigenvalue weighted by molar-refractivity contribution is -0.129. The molecule has 7 nitrogen and oxygen atoms in total. The molecule has 168 valence electrons. The van der Waals surface area contributed by atoms with Crippen LogP contribution in [0.25, 0.3) is 16.7 Å². The van der Waals surface area contributed by atoms with Gasteiger partial charge in [0.2, 0.25) is 5.91 Å². The van der Waals surface area contributed by atoms with Gasteiger partial charge in [-0.25, -0.2) is 4.98 Å². The van der Waals surface area contributed by atoms with E-state index in [0.29, 0.717) is 30.7 Å². The number of nitriles is 1. The van der Waals surface area contributed by atoms with Crippen molar-refractivity contribution in [2.45, 2.75) is 39.7 Å². The molecule has 0 spiro atoms. The number of halogens is 1. The molecule has 0 aliphatic carbocycles. The van der Waals surface area contributed by atoms with Crippen molar-refractivity contribution < 1.29 is 9.90 Å². The number of aliphatic hydroxyl groups is 1. The van der Waals surface area contributed by atoms with Gasteiger partial charge in [-0.05, 0) is 42.4 Å². The molecule has 2 aliphatic rings. The normalized spacial score (nSPS) is 17.7. The number of carbonyl (C=O) groups is 1. The molecule has 0 saturated carbocycles. The van der Waals surface area contributed by atoms with Gasteiger partial charge in [0.05, 0.1) is 16.6 Å². The highest BCUT2D eigenvalue weighted by molar-refractivity contribution is 5.87. The van der Waals surface area contributed by atoms with Gasteiger partial charge < -0.3 is 14.9 Å². The van der Waals surface area contributed by atoms with Gasteiger partial charge in [-0.15, -0.1) is 12.4 Å². The minimum atomic E-state index is -0.0648. The fraction of sp³-hybridized carbons (Fsp3) is 0.458. The highest BCUT2D eigenvalue weighted by Gasteiger charge is 2.34. The van der Waals surface area contributed by atoms with E-state index in [-0.39, 0.29) is 30.3 Å². The average molecular weight is 454 g/mol. The number of anilines is 1. The Hall–Kier alpha value is -2.82. The largest absolute Gasteiger partial charge is 0.396 e. The van der Waals surface area contributed by atoms with Gasteiger partial charge in [0.1, 0.15) is 11.9 Å². The number of imidazole rings is 1. The third-order valence-corrected chi connectivity index (χ3v) is 7.12. The third kappa shape index (κ3) is 3.39. The summed E-state index contributed by atoms with van der Waals surface area (Å²) in [5.41, 5.74) is 5.17. The Morgan fingerprint density at radius 2 is 1.94 bits per heavy atom. The minimum absolute atomic E-state index is 0. The van der Waals surface area contributed by atoms with Crippen LogP contribution in [0.2, 0.25) is 0 Å². The summed E-state index contributed by atoms with van der Waals surface area (Å²) in [6.45, 7) is 6.69. The number of aromatic nitrogens is 2. The number of para-hydroxylation sites is 2. The summed E-state index contributed by atoms with van der Waals surface area (Å²) in [6.07, 6.45) is 2.44. The number of hydrogen-bond donors (Lipinski definition) is 1. The van der Waals surface area contributed by atoms with Gasteiger partial charge in [-0.2, -0.15) is 5.26 Å². The second kappa shape index (κ2) is 8.27. The molecule has 4 heterocycles. The van der Waals surface area contributed by atoms with Crippen LogP contribution in [0.4, 0.5) is 5.82 Å². The summed E-state index contributed by atoms with van der Waals surface area (Å²) < 4.78 is 2.12. The summed E-state index contributed by atoms with van der Waals surface area (Å²) in [4.78, 5) is 21.3. The second-order valence-electron chi connectivity index (χ2n) is 9.17. The van der Waals surface area contributed by atoms with E-state index in [4.69, 9.17) is 4.98 Å². The first-order chi connectivity index (χ1) is 15.0. The van der Waals surface area contributed by atoms with Crippen molar-refractivity contribution >= 4 is 40.8 Å². The molecule has 1 N–H and O–H groups in total. The Balaban J connectivity index is 0.00000245. The van der Waals surface area contributed by atoms with Crippen molar-refractivity contribution in [1.29, 1.82) is 5.26 Å². The van der Waals surface area contributed by atoms with E-state index in [1.165, 1.54) is 0 Å².